The van der Waals surface area contributed by atoms with Gasteiger partial charge in [0.1, 0.15) is 5.75 Å². The van der Waals surface area contributed by atoms with Crippen molar-refractivity contribution in [1.29, 1.82) is 0 Å². The number of methoxy groups -OCH3 is 1. The third-order valence-corrected chi connectivity index (χ3v) is 5.43. The molecule has 152 valence electrons. The highest BCUT2D eigenvalue weighted by molar-refractivity contribution is 5.95. The van der Waals surface area contributed by atoms with Crippen LogP contribution in [0.3, 0.4) is 0 Å². The van der Waals surface area contributed by atoms with Gasteiger partial charge in [-0.15, -0.1) is 0 Å². The highest BCUT2D eigenvalue weighted by atomic mass is 16.7. The summed E-state index contributed by atoms with van der Waals surface area (Å²) in [5.41, 5.74) is 1.50. The maximum absolute atomic E-state index is 12.7. The summed E-state index contributed by atoms with van der Waals surface area (Å²) >= 11 is 0. The van der Waals surface area contributed by atoms with Gasteiger partial charge in [-0.2, -0.15) is 0 Å². The molecule has 2 N–H and O–H groups in total. The van der Waals surface area contributed by atoms with E-state index in [9.17, 15) is 9.59 Å². The fourth-order valence-electron chi connectivity index (χ4n) is 3.81. The van der Waals surface area contributed by atoms with E-state index in [2.05, 4.69) is 10.6 Å². The predicted molar refractivity (Wildman–Crippen MR) is 106 cm³/mol. The monoisotopic (exact) mass is 396 g/mol. The molecule has 1 heterocycles. The number of hydrogen-bond donors (Lipinski definition) is 2. The molecular formula is C22H24N2O5. The first-order chi connectivity index (χ1) is 14.1. The van der Waals surface area contributed by atoms with Gasteiger partial charge >= 0.3 is 0 Å². The van der Waals surface area contributed by atoms with Gasteiger partial charge in [0.2, 0.25) is 12.7 Å². The molecule has 1 aliphatic heterocycles. The third kappa shape index (κ3) is 4.29. The number of benzene rings is 2. The second kappa shape index (κ2) is 8.43. The Morgan fingerprint density at radius 2 is 1.86 bits per heavy atom. The third-order valence-electron chi connectivity index (χ3n) is 5.43. The van der Waals surface area contributed by atoms with Gasteiger partial charge < -0.3 is 24.8 Å². The lowest BCUT2D eigenvalue weighted by molar-refractivity contribution is -0.125. The normalized spacial score (nSPS) is 19.6. The SMILES string of the molecule is COc1ccc(C(=O)N[C@@H]2CCC[C@@H]2C(=O)NCc2ccc3c(c2)OCO3)cc1. The number of ether oxygens (including phenoxy) is 3. The summed E-state index contributed by atoms with van der Waals surface area (Å²) in [6.45, 7) is 0.633. The quantitative estimate of drug-likeness (QED) is 0.784. The fraction of sp³-hybridized carbons (Fsp3) is 0.364. The standard InChI is InChI=1S/C22H24N2O5/c1-27-16-8-6-15(7-9-16)21(25)24-18-4-2-3-17(18)22(26)23-12-14-5-10-19-20(11-14)29-13-28-19/h5-11,17-18H,2-4,12-13H2,1H3,(H,23,26)(H,24,25)/t17-,18+/m0/s1. The van der Waals surface area contributed by atoms with Crippen molar-refractivity contribution in [1.82, 2.24) is 10.6 Å². The minimum Gasteiger partial charge on any atom is -0.497 e. The summed E-state index contributed by atoms with van der Waals surface area (Å²) in [4.78, 5) is 25.3. The molecular weight excluding hydrogens is 372 g/mol. The summed E-state index contributed by atoms with van der Waals surface area (Å²) in [5.74, 6) is 1.67. The Balaban J connectivity index is 1.33. The van der Waals surface area contributed by atoms with E-state index in [1.165, 1.54) is 0 Å². The van der Waals surface area contributed by atoms with Gasteiger partial charge in [0.05, 0.1) is 13.0 Å². The fourth-order valence-corrected chi connectivity index (χ4v) is 3.81. The number of hydrogen-bond acceptors (Lipinski definition) is 5. The van der Waals surface area contributed by atoms with Crippen LogP contribution in [0.15, 0.2) is 42.5 Å². The van der Waals surface area contributed by atoms with Crippen LogP contribution in [-0.2, 0) is 11.3 Å². The molecule has 0 aromatic heterocycles. The molecule has 1 fully saturated rings. The van der Waals surface area contributed by atoms with Gasteiger partial charge in [0, 0.05) is 18.2 Å². The van der Waals surface area contributed by atoms with Crippen LogP contribution >= 0.6 is 0 Å². The van der Waals surface area contributed by atoms with E-state index in [4.69, 9.17) is 14.2 Å². The smallest absolute Gasteiger partial charge is 0.251 e. The summed E-state index contributed by atoms with van der Waals surface area (Å²) in [6, 6.07) is 12.4. The van der Waals surface area contributed by atoms with Gasteiger partial charge in [-0.25, -0.2) is 0 Å². The number of fused-ring (bicyclic) bond motifs is 1. The molecule has 2 amide bonds. The highest BCUT2D eigenvalue weighted by Gasteiger charge is 2.34. The van der Waals surface area contributed by atoms with Crippen LogP contribution in [0.25, 0.3) is 0 Å². The molecule has 1 saturated carbocycles. The van der Waals surface area contributed by atoms with Crippen molar-refractivity contribution in [2.75, 3.05) is 13.9 Å². The van der Waals surface area contributed by atoms with Crippen LogP contribution in [0.2, 0.25) is 0 Å². The minimum absolute atomic E-state index is 0.0415. The van der Waals surface area contributed by atoms with Crippen LogP contribution in [0.4, 0.5) is 0 Å². The zero-order valence-electron chi connectivity index (χ0n) is 16.3. The van der Waals surface area contributed by atoms with Gasteiger partial charge in [0.15, 0.2) is 11.5 Å². The largest absolute Gasteiger partial charge is 0.497 e. The number of nitrogens with one attached hydrogen (secondary N) is 2. The van der Waals surface area contributed by atoms with Crippen molar-refractivity contribution < 1.29 is 23.8 Å². The molecule has 1 aliphatic carbocycles. The van der Waals surface area contributed by atoms with Gasteiger partial charge in [-0.1, -0.05) is 12.5 Å². The Bertz CT molecular complexity index is 897. The summed E-state index contributed by atoms with van der Waals surface area (Å²) in [6.07, 6.45) is 2.47. The van der Waals surface area contributed by atoms with E-state index in [0.29, 0.717) is 23.6 Å². The molecule has 0 bridgehead atoms. The van der Waals surface area contributed by atoms with Gasteiger partial charge in [0.25, 0.3) is 5.91 Å². The molecule has 2 aromatic rings. The Morgan fingerprint density at radius 3 is 2.66 bits per heavy atom. The van der Waals surface area contributed by atoms with Crippen molar-refractivity contribution in [3.05, 3.63) is 53.6 Å². The summed E-state index contributed by atoms with van der Waals surface area (Å²) < 4.78 is 15.8. The number of amides is 2. The molecule has 7 nitrogen and oxygen atoms in total. The first-order valence-corrected chi connectivity index (χ1v) is 9.75. The van der Waals surface area contributed by atoms with Crippen LogP contribution in [0.5, 0.6) is 17.2 Å². The van der Waals surface area contributed by atoms with E-state index >= 15 is 0 Å². The van der Waals surface area contributed by atoms with E-state index in [0.717, 1.165) is 30.6 Å². The average Bonchev–Trinajstić information content (AvgIpc) is 3.41. The Hall–Kier alpha value is -3.22. The maximum atomic E-state index is 12.7. The average molecular weight is 396 g/mol. The van der Waals surface area contributed by atoms with Crippen LogP contribution in [0, 0.1) is 5.92 Å². The molecule has 0 saturated heterocycles. The van der Waals surface area contributed by atoms with E-state index < -0.39 is 0 Å². The van der Waals surface area contributed by atoms with E-state index in [1.807, 2.05) is 18.2 Å². The highest BCUT2D eigenvalue weighted by Crippen LogP contribution is 2.32. The first kappa shape index (κ1) is 19.1. The molecule has 2 aliphatic rings. The topological polar surface area (TPSA) is 85.9 Å². The zero-order chi connectivity index (χ0) is 20.2. The second-order valence-electron chi connectivity index (χ2n) is 7.25. The number of carbonyl (C=O) groups excluding carboxylic acids is 2. The second-order valence-corrected chi connectivity index (χ2v) is 7.25. The minimum atomic E-state index is -0.230. The lowest BCUT2D eigenvalue weighted by Crippen LogP contribution is -2.43. The summed E-state index contributed by atoms with van der Waals surface area (Å²) in [5, 5.41) is 6.01. The molecule has 7 heteroatoms. The van der Waals surface area contributed by atoms with Crippen LogP contribution in [-0.4, -0.2) is 31.8 Å². The Labute approximate surface area is 169 Å². The van der Waals surface area contributed by atoms with Crippen molar-refractivity contribution in [2.45, 2.75) is 31.8 Å². The molecule has 29 heavy (non-hydrogen) atoms. The van der Waals surface area contributed by atoms with Crippen LogP contribution < -0.4 is 24.8 Å². The lowest BCUT2D eigenvalue weighted by Gasteiger charge is -2.20. The molecule has 2 aromatic carbocycles. The predicted octanol–water partition coefficient (Wildman–Crippen LogP) is 2.64. The zero-order valence-corrected chi connectivity index (χ0v) is 16.3. The molecule has 2 atom stereocenters. The first-order valence-electron chi connectivity index (χ1n) is 9.75. The summed E-state index contributed by atoms with van der Waals surface area (Å²) in [7, 11) is 1.58. The van der Waals surface area contributed by atoms with E-state index in [1.54, 1.807) is 31.4 Å². The van der Waals surface area contributed by atoms with Crippen molar-refractivity contribution >= 4 is 11.8 Å². The lowest BCUT2D eigenvalue weighted by atomic mass is 10.0. The van der Waals surface area contributed by atoms with Crippen molar-refractivity contribution in [3.63, 3.8) is 0 Å². The Kier molecular flexibility index (Phi) is 5.55. The maximum Gasteiger partial charge on any atom is 0.251 e. The number of carbonyl (C=O) groups is 2. The Morgan fingerprint density at radius 1 is 1.07 bits per heavy atom. The van der Waals surface area contributed by atoms with Gasteiger partial charge in [-0.3, -0.25) is 9.59 Å². The number of rotatable bonds is 6. The molecule has 0 spiro atoms. The molecule has 4 rings (SSSR count). The molecule has 0 unspecified atom stereocenters. The van der Waals surface area contributed by atoms with Crippen molar-refractivity contribution in [2.24, 2.45) is 5.92 Å². The van der Waals surface area contributed by atoms with Gasteiger partial charge in [-0.05, 0) is 54.8 Å². The molecule has 0 radical (unpaired) electrons. The van der Waals surface area contributed by atoms with Crippen molar-refractivity contribution in [3.8, 4) is 17.2 Å². The van der Waals surface area contributed by atoms with Crippen LogP contribution in [0.1, 0.15) is 35.2 Å². The van der Waals surface area contributed by atoms with E-state index in [-0.39, 0.29) is 30.6 Å².